The average molecular weight is 222 g/mol. The first-order valence-electron chi connectivity index (χ1n) is 4.46. The first-order valence-corrected chi connectivity index (χ1v) is 5.28. The number of thiazole rings is 1. The molecule has 2 rings (SSSR count). The van der Waals surface area contributed by atoms with Gasteiger partial charge in [0.1, 0.15) is 0 Å². The van der Waals surface area contributed by atoms with Crippen LogP contribution in [0.2, 0.25) is 0 Å². The minimum absolute atomic E-state index is 0.127. The van der Waals surface area contributed by atoms with Crippen LogP contribution in [0.15, 0.2) is 29.1 Å². The van der Waals surface area contributed by atoms with Gasteiger partial charge in [-0.2, -0.15) is 0 Å². The number of hydrogen-bond donors (Lipinski definition) is 0. The number of fused-ring (bicyclic) bond motifs is 1. The highest BCUT2D eigenvalue weighted by Gasteiger charge is 2.05. The molecule has 5 heteroatoms. The number of hydrogen-bond acceptors (Lipinski definition) is 4. The Balaban J connectivity index is 2.45. The lowest BCUT2D eigenvalue weighted by atomic mass is 10.3. The molecule has 0 fully saturated rings. The zero-order valence-electron chi connectivity index (χ0n) is 7.80. The average Bonchev–Trinajstić information content (AvgIpc) is 2.50. The van der Waals surface area contributed by atoms with Gasteiger partial charge in [0.05, 0.1) is 10.2 Å². The molecule has 0 aliphatic rings. The Morgan fingerprint density at radius 3 is 2.87 bits per heavy atom. The van der Waals surface area contributed by atoms with Crippen LogP contribution in [0.1, 0.15) is 6.42 Å². The molecule has 78 valence electrons. The van der Waals surface area contributed by atoms with Crippen molar-refractivity contribution in [3.8, 4) is 0 Å². The van der Waals surface area contributed by atoms with E-state index in [1.807, 2.05) is 24.3 Å². The summed E-state index contributed by atoms with van der Waals surface area (Å²) in [6.07, 6.45) is -0.138. The number of benzene rings is 1. The number of carboxylic acids is 1. The van der Waals surface area contributed by atoms with Crippen LogP contribution in [0.4, 0.5) is 0 Å². The molecule has 1 aromatic heterocycles. The van der Waals surface area contributed by atoms with Gasteiger partial charge in [0.2, 0.25) is 0 Å². The van der Waals surface area contributed by atoms with Crippen molar-refractivity contribution in [3.63, 3.8) is 0 Å². The molecule has 0 amide bonds. The molecule has 0 aliphatic carbocycles. The van der Waals surface area contributed by atoms with Crippen molar-refractivity contribution in [1.82, 2.24) is 4.57 Å². The molecular weight excluding hydrogens is 214 g/mol. The fourth-order valence-corrected chi connectivity index (χ4v) is 2.35. The first-order chi connectivity index (χ1) is 7.18. The van der Waals surface area contributed by atoms with E-state index in [0.29, 0.717) is 0 Å². The summed E-state index contributed by atoms with van der Waals surface area (Å²) in [5.74, 6) is -1.14. The Labute approximate surface area is 89.4 Å². The van der Waals surface area contributed by atoms with Crippen molar-refractivity contribution in [1.29, 1.82) is 0 Å². The lowest BCUT2D eigenvalue weighted by molar-refractivity contribution is -0.305. The highest BCUT2D eigenvalue weighted by Crippen LogP contribution is 2.16. The maximum atomic E-state index is 11.5. The number of rotatable bonds is 3. The third-order valence-electron chi connectivity index (χ3n) is 2.11. The van der Waals surface area contributed by atoms with Crippen LogP contribution in [-0.4, -0.2) is 10.5 Å². The largest absolute Gasteiger partial charge is 0.550 e. The van der Waals surface area contributed by atoms with E-state index in [1.165, 1.54) is 4.57 Å². The summed E-state index contributed by atoms with van der Waals surface area (Å²) < 4.78 is 2.34. The topological polar surface area (TPSA) is 62.1 Å². The number of carboxylic acid groups (broad SMARTS) is 1. The molecule has 2 aromatic rings. The van der Waals surface area contributed by atoms with Gasteiger partial charge in [-0.05, 0) is 12.1 Å². The highest BCUT2D eigenvalue weighted by atomic mass is 32.1. The Morgan fingerprint density at radius 2 is 2.13 bits per heavy atom. The van der Waals surface area contributed by atoms with E-state index in [0.717, 1.165) is 21.6 Å². The van der Waals surface area contributed by atoms with Gasteiger partial charge in [-0.3, -0.25) is 9.36 Å². The van der Waals surface area contributed by atoms with Crippen molar-refractivity contribution in [2.45, 2.75) is 13.0 Å². The molecule has 0 unspecified atom stereocenters. The fourth-order valence-electron chi connectivity index (χ4n) is 1.43. The van der Waals surface area contributed by atoms with E-state index in [-0.39, 0.29) is 17.8 Å². The SMILES string of the molecule is O=C([O-])CCn1c(=O)sc2ccccc21. The third-order valence-corrected chi connectivity index (χ3v) is 3.07. The number of aromatic nitrogens is 1. The molecule has 0 aliphatic heterocycles. The summed E-state index contributed by atoms with van der Waals surface area (Å²) in [6.45, 7) is 0.172. The zero-order chi connectivity index (χ0) is 10.8. The third kappa shape index (κ3) is 1.92. The van der Waals surface area contributed by atoms with Crippen LogP contribution in [-0.2, 0) is 11.3 Å². The number of para-hydroxylation sites is 1. The maximum absolute atomic E-state index is 11.5. The standard InChI is InChI=1S/C10H9NO3S/c12-9(13)5-6-11-7-3-1-2-4-8(7)15-10(11)14/h1-4H,5-6H2,(H,12,13)/p-1. The Bertz CT molecular complexity index is 555. The maximum Gasteiger partial charge on any atom is 0.308 e. The Morgan fingerprint density at radius 1 is 1.40 bits per heavy atom. The molecule has 0 atom stereocenters. The second kappa shape index (κ2) is 3.86. The molecule has 0 radical (unpaired) electrons. The van der Waals surface area contributed by atoms with Crippen molar-refractivity contribution < 1.29 is 9.90 Å². The van der Waals surface area contributed by atoms with E-state index in [1.54, 1.807) is 0 Å². The van der Waals surface area contributed by atoms with Gasteiger partial charge in [0.25, 0.3) is 0 Å². The summed E-state index contributed by atoms with van der Waals surface area (Å²) in [5, 5.41) is 10.3. The number of aryl methyl sites for hydroxylation is 1. The summed E-state index contributed by atoms with van der Waals surface area (Å²) in [6, 6.07) is 7.32. The number of carbonyl (C=O) groups is 1. The predicted octanol–water partition coefficient (Wildman–Crippen LogP) is 0.203. The molecule has 4 nitrogen and oxygen atoms in total. The van der Waals surface area contributed by atoms with E-state index in [9.17, 15) is 14.7 Å². The van der Waals surface area contributed by atoms with Crippen LogP contribution in [0.5, 0.6) is 0 Å². The number of carbonyl (C=O) groups excluding carboxylic acids is 1. The number of nitrogens with zero attached hydrogens (tertiary/aromatic N) is 1. The minimum atomic E-state index is -1.14. The molecule has 0 bridgehead atoms. The van der Waals surface area contributed by atoms with Crippen LogP contribution >= 0.6 is 11.3 Å². The van der Waals surface area contributed by atoms with E-state index >= 15 is 0 Å². The van der Waals surface area contributed by atoms with Gasteiger partial charge >= 0.3 is 4.87 Å². The zero-order valence-corrected chi connectivity index (χ0v) is 8.62. The molecule has 0 saturated heterocycles. The van der Waals surface area contributed by atoms with Gasteiger partial charge in [0, 0.05) is 18.9 Å². The van der Waals surface area contributed by atoms with Crippen molar-refractivity contribution >= 4 is 27.5 Å². The quantitative estimate of drug-likeness (QED) is 0.745. The van der Waals surface area contributed by atoms with Crippen molar-refractivity contribution in [2.24, 2.45) is 0 Å². The minimum Gasteiger partial charge on any atom is -0.550 e. The van der Waals surface area contributed by atoms with Gasteiger partial charge < -0.3 is 9.90 Å². The summed E-state index contributed by atoms with van der Waals surface area (Å²) in [4.78, 5) is 21.7. The summed E-state index contributed by atoms with van der Waals surface area (Å²) in [7, 11) is 0. The lowest BCUT2D eigenvalue weighted by Gasteiger charge is -2.03. The molecular formula is C10H8NO3S-. The highest BCUT2D eigenvalue weighted by molar-refractivity contribution is 7.16. The number of aliphatic carboxylic acids is 1. The van der Waals surface area contributed by atoms with Crippen molar-refractivity contribution in [3.05, 3.63) is 33.9 Å². The Kier molecular flexibility index (Phi) is 2.55. The van der Waals surface area contributed by atoms with Crippen LogP contribution in [0.25, 0.3) is 10.2 Å². The predicted molar refractivity (Wildman–Crippen MR) is 55.7 cm³/mol. The lowest BCUT2D eigenvalue weighted by Crippen LogP contribution is -2.25. The molecule has 15 heavy (non-hydrogen) atoms. The summed E-state index contributed by atoms with van der Waals surface area (Å²) >= 11 is 1.12. The molecule has 0 spiro atoms. The van der Waals surface area contributed by atoms with Gasteiger partial charge in [0.15, 0.2) is 0 Å². The van der Waals surface area contributed by atoms with Gasteiger partial charge in [-0.1, -0.05) is 23.5 Å². The van der Waals surface area contributed by atoms with E-state index in [4.69, 9.17) is 0 Å². The smallest absolute Gasteiger partial charge is 0.308 e. The molecule has 0 saturated carbocycles. The monoisotopic (exact) mass is 222 g/mol. The van der Waals surface area contributed by atoms with Gasteiger partial charge in [-0.25, -0.2) is 0 Å². The van der Waals surface area contributed by atoms with Crippen molar-refractivity contribution in [2.75, 3.05) is 0 Å². The fraction of sp³-hybridized carbons (Fsp3) is 0.200. The van der Waals surface area contributed by atoms with Gasteiger partial charge in [-0.15, -0.1) is 0 Å². The molecule has 1 heterocycles. The molecule has 0 N–H and O–H groups in total. The van der Waals surface area contributed by atoms with E-state index < -0.39 is 5.97 Å². The second-order valence-corrected chi connectivity index (χ2v) is 4.10. The van der Waals surface area contributed by atoms with Crippen LogP contribution in [0, 0.1) is 0 Å². The summed E-state index contributed by atoms with van der Waals surface area (Å²) in [5.41, 5.74) is 0.786. The normalized spacial score (nSPS) is 10.7. The first kappa shape index (κ1) is 9.92. The van der Waals surface area contributed by atoms with Crippen LogP contribution < -0.4 is 9.98 Å². The Hall–Kier alpha value is -1.62. The van der Waals surface area contributed by atoms with Crippen LogP contribution in [0.3, 0.4) is 0 Å². The molecule has 1 aromatic carbocycles. The second-order valence-electron chi connectivity index (χ2n) is 3.11. The van der Waals surface area contributed by atoms with E-state index in [2.05, 4.69) is 0 Å².